The molecule has 0 fully saturated rings. The van der Waals surface area contributed by atoms with Crippen LogP contribution in [0.1, 0.15) is 79.6 Å². The molecule has 0 radical (unpaired) electrons. The van der Waals surface area contributed by atoms with E-state index in [1.165, 1.54) is 44.9 Å². The van der Waals surface area contributed by atoms with Crippen LogP contribution in [0.2, 0.25) is 0 Å². The van der Waals surface area contributed by atoms with Gasteiger partial charge in [-0.2, -0.15) is 0 Å². The minimum absolute atomic E-state index is 0.233. The summed E-state index contributed by atoms with van der Waals surface area (Å²) in [5.74, 6) is 1.31. The minimum Gasteiger partial charge on any atom is -0.0875 e. The van der Waals surface area contributed by atoms with Crippen LogP contribution < -0.4 is 0 Å². The average Bonchev–Trinajstić information content (AvgIpc) is 2.31. The predicted octanol–water partition coefficient (Wildman–Crippen LogP) is 6.95. The number of unbranched alkanes of at least 4 members (excludes halogenated alkanes) is 5. The average molecular weight is 384 g/mol. The van der Waals surface area contributed by atoms with Gasteiger partial charge in [0.1, 0.15) is 0 Å². The summed E-state index contributed by atoms with van der Waals surface area (Å²) in [6, 6.07) is 0. The highest BCUT2D eigenvalue weighted by Crippen LogP contribution is 2.43. The van der Waals surface area contributed by atoms with Crippen molar-refractivity contribution in [3.8, 4) is 0 Å². The fourth-order valence-electron chi connectivity index (χ4n) is 2.72. The molecule has 0 N–H and O–H groups in total. The quantitative estimate of drug-likeness (QED) is 0.283. The summed E-state index contributed by atoms with van der Waals surface area (Å²) in [5, 5.41) is 0. The van der Waals surface area contributed by atoms with E-state index in [-0.39, 0.29) is 4.32 Å². The SMILES string of the molecule is CCCCCCCCC(Br)C(Br)(C(C)C)C(C)C. The molecule has 0 aliphatic carbocycles. The topological polar surface area (TPSA) is 0 Å². The minimum atomic E-state index is 0.233. The number of halogens is 2. The molecule has 110 valence electrons. The molecule has 0 rings (SSSR count). The lowest BCUT2D eigenvalue weighted by Crippen LogP contribution is -2.42. The molecule has 0 aliphatic heterocycles. The van der Waals surface area contributed by atoms with Crippen LogP contribution in [-0.4, -0.2) is 9.15 Å². The van der Waals surface area contributed by atoms with Crippen molar-refractivity contribution < 1.29 is 0 Å². The van der Waals surface area contributed by atoms with Gasteiger partial charge in [0.05, 0.1) is 0 Å². The molecular formula is C16H32Br2. The fourth-order valence-corrected chi connectivity index (χ4v) is 4.33. The number of hydrogen-bond acceptors (Lipinski definition) is 0. The second-order valence-electron chi connectivity index (χ2n) is 6.16. The lowest BCUT2D eigenvalue weighted by atomic mass is 9.81. The third-order valence-corrected chi connectivity index (χ3v) is 8.27. The molecule has 1 unspecified atom stereocenters. The summed E-state index contributed by atoms with van der Waals surface area (Å²) >= 11 is 7.96. The van der Waals surface area contributed by atoms with Crippen LogP contribution in [-0.2, 0) is 0 Å². The predicted molar refractivity (Wildman–Crippen MR) is 92.0 cm³/mol. The maximum atomic E-state index is 4.03. The molecule has 0 saturated carbocycles. The summed E-state index contributed by atoms with van der Waals surface area (Å²) in [7, 11) is 0. The van der Waals surface area contributed by atoms with E-state index in [4.69, 9.17) is 0 Å². The lowest BCUT2D eigenvalue weighted by Gasteiger charge is -2.40. The monoisotopic (exact) mass is 382 g/mol. The molecule has 0 aromatic carbocycles. The summed E-state index contributed by atoms with van der Waals surface area (Å²) in [5.41, 5.74) is 0. The van der Waals surface area contributed by atoms with Crippen molar-refractivity contribution in [2.75, 3.05) is 0 Å². The summed E-state index contributed by atoms with van der Waals surface area (Å²) in [6.45, 7) is 11.6. The van der Waals surface area contributed by atoms with Crippen molar-refractivity contribution in [1.82, 2.24) is 0 Å². The fraction of sp³-hybridized carbons (Fsp3) is 1.00. The molecule has 2 heteroatoms. The second-order valence-corrected chi connectivity index (χ2v) is 8.64. The largest absolute Gasteiger partial charge is 0.0875 e. The van der Waals surface area contributed by atoms with Gasteiger partial charge in [0.2, 0.25) is 0 Å². The Labute approximate surface area is 132 Å². The first kappa shape index (κ1) is 19.0. The van der Waals surface area contributed by atoms with E-state index in [9.17, 15) is 0 Å². The molecule has 0 saturated heterocycles. The zero-order chi connectivity index (χ0) is 14.2. The van der Waals surface area contributed by atoms with Crippen molar-refractivity contribution in [1.29, 1.82) is 0 Å². The van der Waals surface area contributed by atoms with Gasteiger partial charge in [-0.05, 0) is 18.3 Å². The van der Waals surface area contributed by atoms with E-state index < -0.39 is 0 Å². The van der Waals surface area contributed by atoms with E-state index in [1.54, 1.807) is 0 Å². The molecule has 0 bridgehead atoms. The standard InChI is InChI=1S/C16H32Br2/c1-6-7-8-9-10-11-12-15(17)16(18,13(2)3)14(4)5/h13-15H,6-12H2,1-5H3. The van der Waals surface area contributed by atoms with Gasteiger partial charge in [-0.25, -0.2) is 0 Å². The molecule has 18 heavy (non-hydrogen) atoms. The maximum Gasteiger partial charge on any atom is 0.0428 e. The first-order valence-electron chi connectivity index (χ1n) is 7.70. The van der Waals surface area contributed by atoms with Crippen molar-refractivity contribution >= 4 is 31.9 Å². The third-order valence-electron chi connectivity index (χ3n) is 4.06. The van der Waals surface area contributed by atoms with Gasteiger partial charge in [0, 0.05) is 9.15 Å². The molecular weight excluding hydrogens is 352 g/mol. The Morgan fingerprint density at radius 3 is 1.72 bits per heavy atom. The normalized spacial score (nSPS) is 14.5. The Hall–Kier alpha value is 0.960. The maximum absolute atomic E-state index is 4.03. The van der Waals surface area contributed by atoms with E-state index in [0.29, 0.717) is 16.7 Å². The number of rotatable bonds is 10. The van der Waals surface area contributed by atoms with Gasteiger partial charge in [0.25, 0.3) is 0 Å². The molecule has 0 aliphatic rings. The van der Waals surface area contributed by atoms with Crippen LogP contribution in [0.3, 0.4) is 0 Å². The Morgan fingerprint density at radius 2 is 1.28 bits per heavy atom. The van der Waals surface area contributed by atoms with Gasteiger partial charge in [0.15, 0.2) is 0 Å². The van der Waals surface area contributed by atoms with Crippen molar-refractivity contribution in [2.45, 2.75) is 88.7 Å². The van der Waals surface area contributed by atoms with Crippen molar-refractivity contribution in [3.63, 3.8) is 0 Å². The zero-order valence-electron chi connectivity index (χ0n) is 12.9. The van der Waals surface area contributed by atoms with Gasteiger partial charge >= 0.3 is 0 Å². The highest BCUT2D eigenvalue weighted by atomic mass is 79.9. The van der Waals surface area contributed by atoms with Gasteiger partial charge in [-0.15, -0.1) is 0 Å². The zero-order valence-corrected chi connectivity index (χ0v) is 16.1. The highest BCUT2D eigenvalue weighted by Gasteiger charge is 2.40. The molecule has 0 aromatic rings. The van der Waals surface area contributed by atoms with Crippen molar-refractivity contribution in [3.05, 3.63) is 0 Å². The van der Waals surface area contributed by atoms with Gasteiger partial charge < -0.3 is 0 Å². The summed E-state index contributed by atoms with van der Waals surface area (Å²) in [4.78, 5) is 0.580. The van der Waals surface area contributed by atoms with E-state index >= 15 is 0 Å². The molecule has 0 aromatic heterocycles. The van der Waals surface area contributed by atoms with Crippen LogP contribution in [0.5, 0.6) is 0 Å². The lowest BCUT2D eigenvalue weighted by molar-refractivity contribution is 0.325. The number of alkyl halides is 2. The second kappa shape index (κ2) is 9.80. The molecule has 0 amide bonds. The van der Waals surface area contributed by atoms with E-state index in [0.717, 1.165) is 0 Å². The Balaban J connectivity index is 4.02. The third kappa shape index (κ3) is 5.94. The van der Waals surface area contributed by atoms with E-state index in [1.807, 2.05) is 0 Å². The van der Waals surface area contributed by atoms with E-state index in [2.05, 4.69) is 66.5 Å². The molecule has 1 atom stereocenters. The summed E-state index contributed by atoms with van der Waals surface area (Å²) in [6.07, 6.45) is 9.59. The van der Waals surface area contributed by atoms with Gasteiger partial charge in [-0.1, -0.05) is 105 Å². The summed E-state index contributed by atoms with van der Waals surface area (Å²) < 4.78 is 0.233. The van der Waals surface area contributed by atoms with Crippen LogP contribution >= 0.6 is 31.9 Å². The molecule has 0 nitrogen and oxygen atoms in total. The molecule has 0 heterocycles. The van der Waals surface area contributed by atoms with Crippen LogP contribution in [0, 0.1) is 11.8 Å². The van der Waals surface area contributed by atoms with Crippen LogP contribution in [0.15, 0.2) is 0 Å². The first-order chi connectivity index (χ1) is 8.37. The molecule has 0 spiro atoms. The Bertz CT molecular complexity index is 191. The number of hydrogen-bond donors (Lipinski definition) is 0. The van der Waals surface area contributed by atoms with Crippen molar-refractivity contribution in [2.24, 2.45) is 11.8 Å². The van der Waals surface area contributed by atoms with Crippen LogP contribution in [0.25, 0.3) is 0 Å². The van der Waals surface area contributed by atoms with Gasteiger partial charge in [-0.3, -0.25) is 0 Å². The van der Waals surface area contributed by atoms with Crippen LogP contribution in [0.4, 0.5) is 0 Å². The Morgan fingerprint density at radius 1 is 0.833 bits per heavy atom. The smallest absolute Gasteiger partial charge is 0.0428 e. The first-order valence-corrected chi connectivity index (χ1v) is 9.41. The highest BCUT2D eigenvalue weighted by molar-refractivity contribution is 9.12. The Kier molecular flexibility index (Phi) is 10.3.